The first-order valence-electron chi connectivity index (χ1n) is 11.7. The molecule has 1 aliphatic heterocycles. The minimum atomic E-state index is -4.38. The molecule has 1 aromatic rings. The lowest BCUT2D eigenvalue weighted by Gasteiger charge is -2.36. The van der Waals surface area contributed by atoms with Crippen LogP contribution in [0.15, 0.2) is 14.5 Å². The predicted molar refractivity (Wildman–Crippen MR) is 133 cm³/mol. The highest BCUT2D eigenvalue weighted by atomic mass is 32.3. The number of rotatable bonds is 12. The fourth-order valence-corrected chi connectivity index (χ4v) is 8.84. The fourth-order valence-electron chi connectivity index (χ4n) is 3.85. The Hall–Kier alpha value is -2.52. The Morgan fingerprint density at radius 1 is 1.08 bits per heavy atom. The van der Waals surface area contributed by atoms with Gasteiger partial charge >= 0.3 is 11.9 Å². The highest BCUT2D eigenvalue weighted by Gasteiger charge is 2.42. The molecular weight excluding hydrogens is 548 g/mol. The summed E-state index contributed by atoms with van der Waals surface area (Å²) in [5, 5.41) is -0.863. The van der Waals surface area contributed by atoms with Crippen molar-refractivity contribution in [3.63, 3.8) is 0 Å². The van der Waals surface area contributed by atoms with Crippen molar-refractivity contribution in [2.45, 2.75) is 79.5 Å². The molecule has 37 heavy (non-hydrogen) atoms. The van der Waals surface area contributed by atoms with Crippen LogP contribution in [-0.2, 0) is 48.5 Å². The maximum Gasteiger partial charge on any atom is 0.302 e. The molecule has 0 spiro atoms. The number of hydrogen-bond acceptors (Lipinski definition) is 11. The second-order valence-electron chi connectivity index (χ2n) is 8.51. The normalized spacial score (nSPS) is 18.4. The van der Waals surface area contributed by atoms with Gasteiger partial charge in [0, 0.05) is 38.8 Å². The van der Waals surface area contributed by atoms with Gasteiger partial charge in [-0.2, -0.15) is 0 Å². The summed E-state index contributed by atoms with van der Waals surface area (Å²) < 4.78 is 62.8. The monoisotopic (exact) mass is 580 g/mol. The molecule has 2 rings (SSSR count). The molecule has 0 fully saturated rings. The van der Waals surface area contributed by atoms with E-state index in [9.17, 15) is 36.0 Å². The van der Waals surface area contributed by atoms with Crippen LogP contribution in [0.2, 0.25) is 0 Å². The minimum absolute atomic E-state index is 0.0460. The number of carbonyl (C=O) groups excluding carboxylic acids is 4. The molecule has 2 heterocycles. The van der Waals surface area contributed by atoms with Gasteiger partial charge in [0.1, 0.15) is 8.42 Å². The molecule has 15 heteroatoms. The van der Waals surface area contributed by atoms with Crippen LogP contribution in [0.1, 0.15) is 71.4 Å². The van der Waals surface area contributed by atoms with E-state index in [1.807, 2.05) is 4.72 Å². The summed E-state index contributed by atoms with van der Waals surface area (Å²) in [6, 6.07) is 0.525. The summed E-state index contributed by atoms with van der Waals surface area (Å²) >= 11 is 0.540. The summed E-state index contributed by atoms with van der Waals surface area (Å²) in [5.41, 5.74) is 0.195. The third-order valence-corrected chi connectivity index (χ3v) is 11.4. The van der Waals surface area contributed by atoms with Gasteiger partial charge in [-0.25, -0.2) is 21.6 Å². The highest BCUT2D eigenvalue weighted by Crippen LogP contribution is 2.45. The van der Waals surface area contributed by atoms with Gasteiger partial charge in [0.05, 0.1) is 24.5 Å². The summed E-state index contributed by atoms with van der Waals surface area (Å²) in [6.07, 6.45) is 0.321. The maximum absolute atomic E-state index is 13.0. The lowest BCUT2D eigenvalue weighted by molar-refractivity contribution is -0.142. The molecule has 1 N–H and O–H groups in total. The molecule has 208 valence electrons. The zero-order valence-electron chi connectivity index (χ0n) is 21.1. The Labute approximate surface area is 220 Å². The molecule has 0 aromatic carbocycles. The number of nitrogens with zero attached hydrogens (tertiary/aromatic N) is 1. The number of hydrogen-bond donors (Lipinski definition) is 1. The molecule has 1 aliphatic rings. The molecule has 0 saturated carbocycles. The first-order valence-corrected chi connectivity index (χ1v) is 15.5. The van der Waals surface area contributed by atoms with E-state index in [-0.39, 0.29) is 71.8 Å². The van der Waals surface area contributed by atoms with E-state index in [4.69, 9.17) is 9.47 Å². The van der Waals surface area contributed by atoms with Crippen LogP contribution < -0.4 is 4.72 Å². The number of carbonyl (C=O) groups is 4. The van der Waals surface area contributed by atoms with Gasteiger partial charge < -0.3 is 14.4 Å². The third-order valence-electron chi connectivity index (χ3n) is 5.65. The van der Waals surface area contributed by atoms with Crippen LogP contribution in [0.25, 0.3) is 0 Å². The molecule has 0 saturated heterocycles. The molecule has 1 aromatic heterocycles. The Bertz CT molecular complexity index is 1240. The number of ether oxygens (including phenoxy) is 2. The molecule has 0 bridgehead atoms. The van der Waals surface area contributed by atoms with E-state index in [1.54, 1.807) is 6.92 Å². The van der Waals surface area contributed by atoms with Crippen molar-refractivity contribution in [3.8, 4) is 0 Å². The zero-order chi connectivity index (χ0) is 28.0. The molecule has 0 aliphatic carbocycles. The van der Waals surface area contributed by atoms with Crippen LogP contribution in [0.3, 0.4) is 0 Å². The van der Waals surface area contributed by atoms with Crippen LogP contribution in [0.4, 0.5) is 0 Å². The van der Waals surface area contributed by atoms with Gasteiger partial charge in [-0.05, 0) is 39.2 Å². The number of nitrogens with one attached hydrogen (secondary N) is 1. The average molecular weight is 581 g/mol. The number of fused-ring (bicyclic) bond motifs is 1. The van der Waals surface area contributed by atoms with Crippen molar-refractivity contribution >= 4 is 55.0 Å². The Morgan fingerprint density at radius 2 is 1.65 bits per heavy atom. The number of sulfone groups is 1. The summed E-state index contributed by atoms with van der Waals surface area (Å²) in [5.74, 6) is -2.09. The summed E-state index contributed by atoms with van der Waals surface area (Å²) in [4.78, 5) is 48.3. The largest absolute Gasteiger partial charge is 0.466 e. The van der Waals surface area contributed by atoms with Crippen molar-refractivity contribution in [1.29, 1.82) is 0 Å². The number of amides is 2. The van der Waals surface area contributed by atoms with Crippen molar-refractivity contribution in [2.24, 2.45) is 0 Å². The number of esters is 2. The van der Waals surface area contributed by atoms with E-state index in [0.717, 1.165) is 0 Å². The van der Waals surface area contributed by atoms with Gasteiger partial charge in [0.2, 0.25) is 11.8 Å². The van der Waals surface area contributed by atoms with Gasteiger partial charge in [-0.1, -0.05) is 0 Å². The summed E-state index contributed by atoms with van der Waals surface area (Å²) in [7, 11) is -8.23. The van der Waals surface area contributed by atoms with Crippen LogP contribution >= 0.6 is 11.3 Å². The maximum atomic E-state index is 13.0. The summed E-state index contributed by atoms with van der Waals surface area (Å²) in [6.45, 7) is 5.98. The van der Waals surface area contributed by atoms with Crippen molar-refractivity contribution in [3.05, 3.63) is 11.6 Å². The first-order chi connectivity index (χ1) is 17.2. The van der Waals surface area contributed by atoms with Crippen LogP contribution in [0.5, 0.6) is 0 Å². The van der Waals surface area contributed by atoms with Crippen LogP contribution in [-0.4, -0.2) is 70.5 Å². The van der Waals surface area contributed by atoms with Crippen molar-refractivity contribution < 1.29 is 45.5 Å². The van der Waals surface area contributed by atoms with Crippen LogP contribution in [0, 0.1) is 0 Å². The van der Waals surface area contributed by atoms with Gasteiger partial charge in [0.15, 0.2) is 9.84 Å². The lowest BCUT2D eigenvalue weighted by atomic mass is 10.0. The van der Waals surface area contributed by atoms with Gasteiger partial charge in [-0.3, -0.25) is 19.2 Å². The lowest BCUT2D eigenvalue weighted by Crippen LogP contribution is -2.40. The minimum Gasteiger partial charge on any atom is -0.466 e. The number of thiophene rings is 1. The second-order valence-corrected chi connectivity index (χ2v) is 14.0. The Morgan fingerprint density at radius 3 is 2.19 bits per heavy atom. The second kappa shape index (κ2) is 12.8. The predicted octanol–water partition coefficient (Wildman–Crippen LogP) is 1.70. The van der Waals surface area contributed by atoms with E-state index >= 15 is 0 Å². The molecule has 2 atom stereocenters. The fraction of sp³-hybridized carbons (Fsp3) is 0.636. The highest BCUT2D eigenvalue weighted by molar-refractivity contribution is 7.95. The molecule has 2 amide bonds. The standard InChI is InChI=1S/C22H32N2O10S3/c1-5-24(20(28)9-7-11-34-16(4)26)18-12-14(2)36(29,30)22-17(18)13-21(35-22)37(31,32)23-19(27)8-6-10-33-15(3)25/h13-14,18H,5-12H2,1-4H3,(H,23,27)/t14-,18-/m0/s1. The topological polar surface area (TPSA) is 170 Å². The van der Waals surface area contributed by atoms with Gasteiger partial charge in [-0.15, -0.1) is 11.3 Å². The Kier molecular flexibility index (Phi) is 10.6. The molecule has 0 radical (unpaired) electrons. The van der Waals surface area contributed by atoms with E-state index in [0.29, 0.717) is 11.3 Å². The smallest absolute Gasteiger partial charge is 0.302 e. The Balaban J connectivity index is 2.27. The van der Waals surface area contributed by atoms with Gasteiger partial charge in [0.25, 0.3) is 10.0 Å². The zero-order valence-corrected chi connectivity index (χ0v) is 23.6. The van der Waals surface area contributed by atoms with E-state index in [1.165, 1.54) is 31.7 Å². The van der Waals surface area contributed by atoms with E-state index < -0.39 is 49.0 Å². The third kappa shape index (κ3) is 7.98. The SMILES string of the molecule is CCN(C(=O)CCCOC(C)=O)[C@H]1C[C@H](C)S(=O)(=O)c2sc(S(=O)(=O)NC(=O)CCCOC(C)=O)cc21. The quantitative estimate of drug-likeness (QED) is 0.283. The van der Waals surface area contributed by atoms with Crippen molar-refractivity contribution in [1.82, 2.24) is 9.62 Å². The van der Waals surface area contributed by atoms with Crippen molar-refractivity contribution in [2.75, 3.05) is 19.8 Å². The molecule has 0 unspecified atom stereocenters. The average Bonchev–Trinajstić information content (AvgIpc) is 3.26. The van der Waals surface area contributed by atoms with E-state index in [2.05, 4.69) is 0 Å². The first kappa shape index (κ1) is 30.7. The molecule has 12 nitrogen and oxygen atoms in total. The molecular formula is C22H32N2O10S3. The number of sulfonamides is 1.